The fraction of sp³-hybridized carbons (Fsp3) is 0.143. The Morgan fingerprint density at radius 1 is 1.35 bits per heavy atom. The summed E-state index contributed by atoms with van der Waals surface area (Å²) >= 11 is 1.52. The molecule has 0 aliphatic heterocycles. The number of benzene rings is 1. The molecule has 2 aromatic rings. The van der Waals surface area contributed by atoms with Crippen molar-refractivity contribution in [2.75, 3.05) is 12.4 Å². The smallest absolute Gasteiger partial charge is 0.335 e. The van der Waals surface area contributed by atoms with Gasteiger partial charge in [0.2, 0.25) is 5.91 Å². The average molecular weight is 291 g/mol. The number of methoxy groups -OCH3 is 1. The van der Waals surface area contributed by atoms with Crippen LogP contribution < -0.4 is 10.1 Å². The second-order valence-electron chi connectivity index (χ2n) is 4.08. The van der Waals surface area contributed by atoms with Gasteiger partial charge in [0, 0.05) is 0 Å². The predicted octanol–water partition coefficient (Wildman–Crippen LogP) is 2.64. The van der Waals surface area contributed by atoms with Gasteiger partial charge in [-0.2, -0.15) is 11.3 Å². The molecule has 1 amide bonds. The molecule has 0 saturated heterocycles. The standard InChI is InChI=1S/C14H13NO4S/c1-19-12-3-2-10(14(17)18)7-11(12)15-13(16)6-9-4-5-20-8-9/h2-5,7-8H,6H2,1H3,(H,15,16)(H,17,18). The number of ether oxygens (including phenoxy) is 1. The van der Waals surface area contributed by atoms with E-state index >= 15 is 0 Å². The van der Waals surface area contributed by atoms with Crippen LogP contribution in [0.5, 0.6) is 5.75 Å². The molecule has 2 N–H and O–H groups in total. The Morgan fingerprint density at radius 2 is 2.15 bits per heavy atom. The van der Waals surface area contributed by atoms with Crippen molar-refractivity contribution in [1.82, 2.24) is 0 Å². The zero-order valence-corrected chi connectivity index (χ0v) is 11.6. The van der Waals surface area contributed by atoms with Gasteiger partial charge in [0.15, 0.2) is 0 Å². The maximum Gasteiger partial charge on any atom is 0.335 e. The van der Waals surface area contributed by atoms with Crippen molar-refractivity contribution in [2.24, 2.45) is 0 Å². The molecule has 0 atom stereocenters. The van der Waals surface area contributed by atoms with Crippen molar-refractivity contribution >= 4 is 28.9 Å². The highest BCUT2D eigenvalue weighted by Gasteiger charge is 2.12. The van der Waals surface area contributed by atoms with E-state index in [1.165, 1.54) is 36.6 Å². The molecule has 5 nitrogen and oxygen atoms in total. The van der Waals surface area contributed by atoms with Crippen LogP contribution in [0.1, 0.15) is 15.9 Å². The van der Waals surface area contributed by atoms with Gasteiger partial charge in [0.05, 0.1) is 24.8 Å². The summed E-state index contributed by atoms with van der Waals surface area (Å²) in [5.41, 5.74) is 1.37. The van der Waals surface area contributed by atoms with Crippen molar-refractivity contribution in [2.45, 2.75) is 6.42 Å². The average Bonchev–Trinajstić information content (AvgIpc) is 2.91. The van der Waals surface area contributed by atoms with Crippen molar-refractivity contribution in [3.63, 3.8) is 0 Å². The molecule has 1 aromatic heterocycles. The summed E-state index contributed by atoms with van der Waals surface area (Å²) in [5, 5.41) is 15.4. The molecule has 0 aliphatic rings. The Morgan fingerprint density at radius 3 is 2.75 bits per heavy atom. The van der Waals surface area contributed by atoms with Gasteiger partial charge in [-0.3, -0.25) is 4.79 Å². The number of anilines is 1. The van der Waals surface area contributed by atoms with Crippen LogP contribution in [-0.4, -0.2) is 24.1 Å². The van der Waals surface area contributed by atoms with Gasteiger partial charge in [-0.1, -0.05) is 0 Å². The molecular weight excluding hydrogens is 278 g/mol. The van der Waals surface area contributed by atoms with Crippen molar-refractivity contribution in [3.05, 3.63) is 46.2 Å². The van der Waals surface area contributed by atoms with Gasteiger partial charge in [-0.25, -0.2) is 4.79 Å². The van der Waals surface area contributed by atoms with E-state index in [0.29, 0.717) is 11.4 Å². The van der Waals surface area contributed by atoms with Crippen LogP contribution in [0.3, 0.4) is 0 Å². The van der Waals surface area contributed by atoms with Crippen LogP contribution in [0.4, 0.5) is 5.69 Å². The molecule has 1 heterocycles. The number of carbonyl (C=O) groups is 2. The van der Waals surface area contributed by atoms with Gasteiger partial charge in [-0.05, 0) is 40.6 Å². The summed E-state index contributed by atoms with van der Waals surface area (Å²) in [6.45, 7) is 0. The number of hydrogen-bond donors (Lipinski definition) is 2. The van der Waals surface area contributed by atoms with Gasteiger partial charge in [-0.15, -0.1) is 0 Å². The first-order chi connectivity index (χ1) is 9.60. The highest BCUT2D eigenvalue weighted by Crippen LogP contribution is 2.25. The first kappa shape index (κ1) is 14.1. The zero-order chi connectivity index (χ0) is 14.5. The second kappa shape index (κ2) is 6.21. The molecule has 2 rings (SSSR count). The molecule has 104 valence electrons. The first-order valence-electron chi connectivity index (χ1n) is 5.82. The highest BCUT2D eigenvalue weighted by atomic mass is 32.1. The van der Waals surface area contributed by atoms with Crippen LogP contribution in [0.15, 0.2) is 35.0 Å². The minimum Gasteiger partial charge on any atom is -0.495 e. The molecular formula is C14H13NO4S. The normalized spacial score (nSPS) is 10.1. The number of thiophene rings is 1. The Bertz CT molecular complexity index is 622. The van der Waals surface area contributed by atoms with E-state index in [9.17, 15) is 9.59 Å². The maximum atomic E-state index is 11.9. The number of amides is 1. The van der Waals surface area contributed by atoms with E-state index in [4.69, 9.17) is 9.84 Å². The molecule has 1 aromatic carbocycles. The van der Waals surface area contributed by atoms with E-state index in [1.54, 1.807) is 0 Å². The lowest BCUT2D eigenvalue weighted by molar-refractivity contribution is -0.115. The third-order valence-electron chi connectivity index (χ3n) is 2.67. The molecule has 0 saturated carbocycles. The quantitative estimate of drug-likeness (QED) is 0.888. The number of carbonyl (C=O) groups excluding carboxylic acids is 1. The summed E-state index contributed by atoms with van der Waals surface area (Å²) < 4.78 is 5.11. The van der Waals surface area contributed by atoms with Crippen LogP contribution >= 0.6 is 11.3 Å². The maximum absolute atomic E-state index is 11.9. The number of rotatable bonds is 5. The largest absolute Gasteiger partial charge is 0.495 e. The number of nitrogens with one attached hydrogen (secondary N) is 1. The number of hydrogen-bond acceptors (Lipinski definition) is 4. The van der Waals surface area contributed by atoms with E-state index in [2.05, 4.69) is 5.32 Å². The van der Waals surface area contributed by atoms with Crippen molar-refractivity contribution in [1.29, 1.82) is 0 Å². The molecule has 0 aliphatic carbocycles. The molecule has 0 bridgehead atoms. The SMILES string of the molecule is COc1ccc(C(=O)O)cc1NC(=O)Cc1ccsc1. The molecule has 0 radical (unpaired) electrons. The monoisotopic (exact) mass is 291 g/mol. The Kier molecular flexibility index (Phi) is 4.37. The molecule has 20 heavy (non-hydrogen) atoms. The first-order valence-corrected chi connectivity index (χ1v) is 6.76. The lowest BCUT2D eigenvalue weighted by Crippen LogP contribution is -2.15. The van der Waals surface area contributed by atoms with E-state index < -0.39 is 5.97 Å². The van der Waals surface area contributed by atoms with E-state index in [0.717, 1.165) is 5.56 Å². The minimum absolute atomic E-state index is 0.0941. The molecule has 6 heteroatoms. The molecule has 0 spiro atoms. The van der Waals surface area contributed by atoms with E-state index in [1.807, 2.05) is 16.8 Å². The van der Waals surface area contributed by atoms with E-state index in [-0.39, 0.29) is 17.9 Å². The third-order valence-corrected chi connectivity index (χ3v) is 3.40. The summed E-state index contributed by atoms with van der Waals surface area (Å²) in [5.74, 6) is -0.848. The summed E-state index contributed by atoms with van der Waals surface area (Å²) in [6.07, 6.45) is 0.240. The highest BCUT2D eigenvalue weighted by molar-refractivity contribution is 7.08. The summed E-state index contributed by atoms with van der Waals surface area (Å²) in [4.78, 5) is 22.9. The minimum atomic E-state index is -1.05. The predicted molar refractivity (Wildman–Crippen MR) is 76.6 cm³/mol. The fourth-order valence-corrected chi connectivity index (χ4v) is 2.38. The fourth-order valence-electron chi connectivity index (χ4n) is 1.71. The van der Waals surface area contributed by atoms with Gasteiger partial charge in [0.25, 0.3) is 0 Å². The lowest BCUT2D eigenvalue weighted by atomic mass is 10.1. The van der Waals surface area contributed by atoms with Crippen molar-refractivity contribution < 1.29 is 19.4 Å². The van der Waals surface area contributed by atoms with Crippen LogP contribution in [-0.2, 0) is 11.2 Å². The summed E-state index contributed by atoms with van der Waals surface area (Å²) in [7, 11) is 1.46. The zero-order valence-electron chi connectivity index (χ0n) is 10.8. The number of carboxylic acids is 1. The number of aromatic carboxylic acids is 1. The Hall–Kier alpha value is -2.34. The van der Waals surface area contributed by atoms with Gasteiger partial charge in [0.1, 0.15) is 5.75 Å². The van der Waals surface area contributed by atoms with Crippen molar-refractivity contribution in [3.8, 4) is 5.75 Å². The molecule has 0 fully saturated rings. The molecule has 0 unspecified atom stereocenters. The van der Waals surface area contributed by atoms with Gasteiger partial charge < -0.3 is 15.2 Å². The third kappa shape index (κ3) is 3.36. The van der Waals surface area contributed by atoms with Crippen LogP contribution in [0.25, 0.3) is 0 Å². The summed E-state index contributed by atoms with van der Waals surface area (Å²) in [6, 6.07) is 6.20. The Labute approximate surface area is 119 Å². The topological polar surface area (TPSA) is 75.6 Å². The lowest BCUT2D eigenvalue weighted by Gasteiger charge is -2.10. The Balaban J connectivity index is 2.16. The second-order valence-corrected chi connectivity index (χ2v) is 4.86. The van der Waals surface area contributed by atoms with Crippen LogP contribution in [0.2, 0.25) is 0 Å². The van der Waals surface area contributed by atoms with Gasteiger partial charge >= 0.3 is 5.97 Å². The number of carboxylic acid groups (broad SMARTS) is 1. The van der Waals surface area contributed by atoms with Crippen LogP contribution in [0, 0.1) is 0 Å².